The minimum Gasteiger partial charge on any atom is -0.503 e. The van der Waals surface area contributed by atoms with Crippen LogP contribution < -0.4 is 10.1 Å². The van der Waals surface area contributed by atoms with Crippen molar-refractivity contribution in [3.8, 4) is 11.5 Å². The van der Waals surface area contributed by atoms with Gasteiger partial charge in [0.25, 0.3) is 5.91 Å². The zero-order valence-electron chi connectivity index (χ0n) is 18.2. The van der Waals surface area contributed by atoms with E-state index in [2.05, 4.69) is 17.2 Å². The second-order valence-corrected chi connectivity index (χ2v) is 7.33. The molecule has 0 bridgehead atoms. The highest BCUT2D eigenvalue weighted by Crippen LogP contribution is 2.27. The molecule has 0 aliphatic rings. The Balaban J connectivity index is 2.70. The second kappa shape index (κ2) is 12.3. The first kappa shape index (κ1) is 24.7. The number of carbonyl (C=O) groups is 2. The molecular formula is C21H34N2O6. The summed E-state index contributed by atoms with van der Waals surface area (Å²) in [4.78, 5) is 28.7. The lowest BCUT2D eigenvalue weighted by Crippen LogP contribution is -2.44. The molecule has 0 radical (unpaired) electrons. The van der Waals surface area contributed by atoms with E-state index in [4.69, 9.17) is 14.2 Å². The minimum absolute atomic E-state index is 0.0483. The van der Waals surface area contributed by atoms with E-state index in [1.165, 1.54) is 26.3 Å². The van der Waals surface area contributed by atoms with E-state index in [1.807, 2.05) is 20.8 Å². The van der Waals surface area contributed by atoms with Gasteiger partial charge >= 0.3 is 5.97 Å². The maximum absolute atomic E-state index is 12.5. The van der Waals surface area contributed by atoms with Crippen molar-refractivity contribution in [1.29, 1.82) is 0 Å². The molecule has 1 amide bonds. The zero-order valence-corrected chi connectivity index (χ0v) is 18.2. The van der Waals surface area contributed by atoms with Crippen LogP contribution in [0.15, 0.2) is 12.3 Å². The fourth-order valence-corrected chi connectivity index (χ4v) is 2.82. The first-order chi connectivity index (χ1) is 13.7. The van der Waals surface area contributed by atoms with Crippen LogP contribution in [0.1, 0.15) is 64.4 Å². The number of carbonyl (C=O) groups excluding carboxylic acids is 2. The van der Waals surface area contributed by atoms with E-state index in [1.54, 1.807) is 0 Å². The van der Waals surface area contributed by atoms with Crippen LogP contribution in [-0.2, 0) is 14.3 Å². The van der Waals surface area contributed by atoms with Gasteiger partial charge in [-0.2, -0.15) is 0 Å². The Morgan fingerprint density at radius 1 is 1.21 bits per heavy atom. The van der Waals surface area contributed by atoms with Gasteiger partial charge in [0.1, 0.15) is 12.1 Å². The maximum Gasteiger partial charge on any atom is 0.328 e. The Morgan fingerprint density at radius 2 is 1.90 bits per heavy atom. The van der Waals surface area contributed by atoms with E-state index < -0.39 is 24.0 Å². The molecular weight excluding hydrogens is 376 g/mol. The quantitative estimate of drug-likeness (QED) is 0.403. The molecule has 164 valence electrons. The molecule has 1 aromatic rings. The number of methoxy groups -OCH3 is 1. The lowest BCUT2D eigenvalue weighted by atomic mass is 10.0. The first-order valence-corrected chi connectivity index (χ1v) is 10.1. The summed E-state index contributed by atoms with van der Waals surface area (Å²) in [6.07, 6.45) is 3.79. The van der Waals surface area contributed by atoms with Gasteiger partial charge in [-0.1, -0.05) is 33.6 Å². The molecule has 0 spiro atoms. The standard InChI is InChI=1S/C21H34N2O6/c1-7-8-9-12-28-15(5)19(13(2)3)29-21(26)14(4)23-20(25)17-18(24)16(27-6)10-11-22-17/h10-11,13-15,19,24H,7-9,12H2,1-6H3,(H,23,25)/t14-,15-,19+/m0/s1. The molecule has 0 saturated heterocycles. The van der Waals surface area contributed by atoms with Crippen LogP contribution in [0.2, 0.25) is 0 Å². The number of hydrogen-bond acceptors (Lipinski definition) is 7. The Labute approximate surface area is 172 Å². The molecule has 0 fully saturated rings. The van der Waals surface area contributed by atoms with Crippen LogP contribution in [0.5, 0.6) is 11.5 Å². The van der Waals surface area contributed by atoms with Crippen LogP contribution in [0.3, 0.4) is 0 Å². The molecule has 2 N–H and O–H groups in total. The summed E-state index contributed by atoms with van der Waals surface area (Å²) in [5.74, 6) is -1.50. The summed E-state index contributed by atoms with van der Waals surface area (Å²) in [6, 6.07) is 0.502. The molecule has 8 heteroatoms. The van der Waals surface area contributed by atoms with Crippen molar-refractivity contribution in [2.24, 2.45) is 5.92 Å². The predicted octanol–water partition coefficient (Wildman–Crippen LogP) is 3.08. The van der Waals surface area contributed by atoms with Crippen LogP contribution >= 0.6 is 0 Å². The van der Waals surface area contributed by atoms with Crippen molar-refractivity contribution in [3.63, 3.8) is 0 Å². The van der Waals surface area contributed by atoms with Crippen LogP contribution in [0, 0.1) is 5.92 Å². The smallest absolute Gasteiger partial charge is 0.328 e. The number of rotatable bonds is 12. The average Bonchev–Trinajstić information content (AvgIpc) is 2.68. The van der Waals surface area contributed by atoms with Crippen molar-refractivity contribution >= 4 is 11.9 Å². The van der Waals surface area contributed by atoms with Crippen LogP contribution in [-0.4, -0.2) is 53.9 Å². The summed E-state index contributed by atoms with van der Waals surface area (Å²) >= 11 is 0. The SMILES string of the molecule is CCCCCO[C@@H](C)[C@H](OC(=O)[C@H](C)NC(=O)c1nccc(OC)c1O)C(C)C. The fraction of sp³-hybridized carbons (Fsp3) is 0.667. The highest BCUT2D eigenvalue weighted by Gasteiger charge is 2.29. The second-order valence-electron chi connectivity index (χ2n) is 7.33. The predicted molar refractivity (Wildman–Crippen MR) is 109 cm³/mol. The summed E-state index contributed by atoms with van der Waals surface area (Å²) in [5, 5.41) is 12.5. The Morgan fingerprint density at radius 3 is 2.48 bits per heavy atom. The number of amides is 1. The van der Waals surface area contributed by atoms with Crippen molar-refractivity contribution in [2.75, 3.05) is 13.7 Å². The Hall–Kier alpha value is -2.35. The van der Waals surface area contributed by atoms with Crippen molar-refractivity contribution in [2.45, 2.75) is 72.1 Å². The zero-order chi connectivity index (χ0) is 22.0. The number of nitrogens with zero attached hydrogens (tertiary/aromatic N) is 1. The lowest BCUT2D eigenvalue weighted by molar-refractivity contribution is -0.162. The lowest BCUT2D eigenvalue weighted by Gasteiger charge is -2.28. The molecule has 0 aliphatic heterocycles. The topological polar surface area (TPSA) is 107 Å². The van der Waals surface area contributed by atoms with Gasteiger partial charge in [0.15, 0.2) is 17.2 Å². The summed E-state index contributed by atoms with van der Waals surface area (Å²) in [7, 11) is 1.37. The molecule has 0 aromatic carbocycles. The third kappa shape index (κ3) is 7.53. The molecule has 1 heterocycles. The molecule has 0 saturated carbocycles. The Bertz CT molecular complexity index is 665. The number of nitrogens with one attached hydrogen (secondary N) is 1. The summed E-state index contributed by atoms with van der Waals surface area (Å²) in [6.45, 7) is 10.0. The fourth-order valence-electron chi connectivity index (χ4n) is 2.82. The van der Waals surface area contributed by atoms with Crippen molar-refractivity contribution in [3.05, 3.63) is 18.0 Å². The normalized spacial score (nSPS) is 14.2. The highest BCUT2D eigenvalue weighted by molar-refractivity contribution is 5.97. The van der Waals surface area contributed by atoms with Crippen LogP contribution in [0.25, 0.3) is 0 Å². The van der Waals surface area contributed by atoms with Crippen molar-refractivity contribution < 1.29 is 28.9 Å². The largest absolute Gasteiger partial charge is 0.503 e. The third-order valence-electron chi connectivity index (χ3n) is 4.52. The number of unbranched alkanes of at least 4 members (excludes halogenated alkanes) is 2. The monoisotopic (exact) mass is 410 g/mol. The molecule has 0 unspecified atom stereocenters. The van der Waals surface area contributed by atoms with E-state index in [-0.39, 0.29) is 29.2 Å². The van der Waals surface area contributed by atoms with Gasteiger partial charge in [-0.15, -0.1) is 0 Å². The number of aromatic nitrogens is 1. The molecule has 0 aliphatic carbocycles. The van der Waals surface area contributed by atoms with E-state index >= 15 is 0 Å². The molecule has 1 aromatic heterocycles. The highest BCUT2D eigenvalue weighted by atomic mass is 16.6. The number of aromatic hydroxyl groups is 1. The van der Waals surface area contributed by atoms with E-state index in [0.717, 1.165) is 19.3 Å². The van der Waals surface area contributed by atoms with Gasteiger partial charge in [0, 0.05) is 18.9 Å². The molecule has 29 heavy (non-hydrogen) atoms. The molecule has 8 nitrogen and oxygen atoms in total. The number of hydrogen-bond donors (Lipinski definition) is 2. The average molecular weight is 411 g/mol. The third-order valence-corrected chi connectivity index (χ3v) is 4.52. The first-order valence-electron chi connectivity index (χ1n) is 10.1. The molecule has 1 rings (SSSR count). The van der Waals surface area contributed by atoms with Gasteiger partial charge in [0.2, 0.25) is 0 Å². The van der Waals surface area contributed by atoms with E-state index in [9.17, 15) is 14.7 Å². The summed E-state index contributed by atoms with van der Waals surface area (Å²) in [5.41, 5.74) is -0.225. The van der Waals surface area contributed by atoms with Gasteiger partial charge in [-0.25, -0.2) is 9.78 Å². The van der Waals surface area contributed by atoms with Gasteiger partial charge in [-0.3, -0.25) is 4.79 Å². The van der Waals surface area contributed by atoms with Gasteiger partial charge < -0.3 is 24.6 Å². The van der Waals surface area contributed by atoms with Crippen LogP contribution in [0.4, 0.5) is 0 Å². The number of ether oxygens (including phenoxy) is 3. The summed E-state index contributed by atoms with van der Waals surface area (Å²) < 4.78 is 16.4. The Kier molecular flexibility index (Phi) is 10.4. The number of esters is 1. The number of pyridine rings is 1. The molecule has 3 atom stereocenters. The van der Waals surface area contributed by atoms with Crippen molar-refractivity contribution in [1.82, 2.24) is 10.3 Å². The van der Waals surface area contributed by atoms with Gasteiger partial charge in [-0.05, 0) is 26.2 Å². The van der Waals surface area contributed by atoms with Gasteiger partial charge in [0.05, 0.1) is 13.2 Å². The maximum atomic E-state index is 12.5. The minimum atomic E-state index is -0.927. The van der Waals surface area contributed by atoms with E-state index in [0.29, 0.717) is 6.61 Å².